The van der Waals surface area contributed by atoms with Gasteiger partial charge in [0.1, 0.15) is 0 Å². The van der Waals surface area contributed by atoms with Gasteiger partial charge in [0.05, 0.1) is 0 Å². The third-order valence-corrected chi connectivity index (χ3v) is 3.98. The van der Waals surface area contributed by atoms with Crippen molar-refractivity contribution in [1.82, 2.24) is 10.2 Å². The molecule has 0 aromatic rings. The first kappa shape index (κ1) is 11.1. The smallest absolute Gasteiger partial charge is 0.0464 e. The molecule has 3 N–H and O–H groups in total. The molecule has 0 amide bonds. The van der Waals surface area contributed by atoms with Gasteiger partial charge in [-0.2, -0.15) is 0 Å². The van der Waals surface area contributed by atoms with Crippen molar-refractivity contribution in [2.75, 3.05) is 32.7 Å². The lowest BCUT2D eigenvalue weighted by molar-refractivity contribution is 0.0127. The average Bonchev–Trinajstić information content (AvgIpc) is 2.28. The average molecular weight is 209 g/mol. The molecule has 1 atom stereocenters. The van der Waals surface area contributed by atoms with Gasteiger partial charge >= 0.3 is 0 Å². The van der Waals surface area contributed by atoms with Crippen molar-refractivity contribution in [3.63, 3.8) is 0 Å². The Kier molecular flexibility index (Phi) is 3.14. The van der Waals surface area contributed by atoms with Crippen LogP contribution in [0.4, 0.5) is 0 Å². The van der Waals surface area contributed by atoms with Crippen molar-refractivity contribution in [3.05, 3.63) is 12.2 Å². The number of rotatable bonds is 4. The van der Waals surface area contributed by atoms with Crippen LogP contribution in [0.25, 0.3) is 0 Å². The quantitative estimate of drug-likeness (QED) is 0.665. The molecule has 3 aliphatic heterocycles. The first-order valence-electron chi connectivity index (χ1n) is 5.98. The highest BCUT2D eigenvalue weighted by molar-refractivity contribution is 5.07. The molecule has 15 heavy (non-hydrogen) atoms. The lowest BCUT2D eigenvalue weighted by Crippen LogP contribution is -2.69. The van der Waals surface area contributed by atoms with E-state index in [9.17, 15) is 0 Å². The van der Waals surface area contributed by atoms with Gasteiger partial charge in [0.15, 0.2) is 0 Å². The molecule has 3 rings (SSSR count). The summed E-state index contributed by atoms with van der Waals surface area (Å²) < 4.78 is 0. The highest BCUT2D eigenvalue weighted by atomic mass is 15.2. The summed E-state index contributed by atoms with van der Waals surface area (Å²) in [6.45, 7) is 11.3. The lowest BCUT2D eigenvalue weighted by atomic mass is 9.72. The van der Waals surface area contributed by atoms with Crippen molar-refractivity contribution in [2.45, 2.75) is 25.3 Å². The number of piperidine rings is 3. The standard InChI is InChI=1S/C12H23N3/c1-10(2)7-14-12(8-13)9-15-5-3-11(12)4-6-15/h11,14H,1,3-9,13H2,2H3. The number of hydrogen-bond acceptors (Lipinski definition) is 3. The van der Waals surface area contributed by atoms with Gasteiger partial charge < -0.3 is 16.0 Å². The van der Waals surface area contributed by atoms with Crippen LogP contribution in [0.1, 0.15) is 19.8 Å². The van der Waals surface area contributed by atoms with Gasteiger partial charge in [-0.25, -0.2) is 0 Å². The van der Waals surface area contributed by atoms with Crippen LogP contribution in [0.15, 0.2) is 12.2 Å². The molecule has 3 fully saturated rings. The predicted molar refractivity (Wildman–Crippen MR) is 63.8 cm³/mol. The van der Waals surface area contributed by atoms with Crippen LogP contribution >= 0.6 is 0 Å². The summed E-state index contributed by atoms with van der Waals surface area (Å²) in [5.74, 6) is 0.770. The van der Waals surface area contributed by atoms with Crippen LogP contribution in [0.3, 0.4) is 0 Å². The molecule has 0 radical (unpaired) electrons. The zero-order valence-electron chi connectivity index (χ0n) is 9.76. The van der Waals surface area contributed by atoms with Gasteiger partial charge in [-0.1, -0.05) is 12.2 Å². The molecule has 3 aliphatic rings. The molecule has 86 valence electrons. The van der Waals surface area contributed by atoms with E-state index in [1.807, 2.05) is 0 Å². The fourth-order valence-electron chi connectivity index (χ4n) is 3.00. The van der Waals surface area contributed by atoms with Gasteiger partial charge in [-0.3, -0.25) is 0 Å². The Bertz CT molecular complexity index is 243. The second-order valence-electron chi connectivity index (χ2n) is 5.22. The summed E-state index contributed by atoms with van der Waals surface area (Å²) in [6.07, 6.45) is 2.61. The van der Waals surface area contributed by atoms with Crippen molar-refractivity contribution in [1.29, 1.82) is 0 Å². The highest BCUT2D eigenvalue weighted by Crippen LogP contribution is 2.34. The minimum Gasteiger partial charge on any atom is -0.329 e. The molecule has 0 aromatic heterocycles. The minimum absolute atomic E-state index is 0.162. The van der Waals surface area contributed by atoms with Crippen molar-refractivity contribution in [3.8, 4) is 0 Å². The summed E-state index contributed by atoms with van der Waals surface area (Å²) in [5.41, 5.74) is 7.35. The number of nitrogens with one attached hydrogen (secondary N) is 1. The third kappa shape index (κ3) is 2.10. The molecule has 3 nitrogen and oxygen atoms in total. The first-order chi connectivity index (χ1) is 7.16. The molecule has 2 bridgehead atoms. The number of nitrogens with zero attached hydrogens (tertiary/aromatic N) is 1. The van der Waals surface area contributed by atoms with Gasteiger partial charge in [-0.15, -0.1) is 0 Å². The SMILES string of the molecule is C=C(C)CNC1(CN)CN2CCC1CC2. The van der Waals surface area contributed by atoms with E-state index in [1.165, 1.54) is 31.5 Å². The van der Waals surface area contributed by atoms with Gasteiger partial charge in [0.25, 0.3) is 0 Å². The number of fused-ring (bicyclic) bond motifs is 3. The Morgan fingerprint density at radius 1 is 1.53 bits per heavy atom. The zero-order valence-corrected chi connectivity index (χ0v) is 9.76. The van der Waals surface area contributed by atoms with E-state index < -0.39 is 0 Å². The molecule has 3 saturated heterocycles. The van der Waals surface area contributed by atoms with E-state index in [4.69, 9.17) is 5.73 Å². The molecular weight excluding hydrogens is 186 g/mol. The van der Waals surface area contributed by atoms with Crippen LogP contribution in [0.5, 0.6) is 0 Å². The van der Waals surface area contributed by atoms with Crippen LogP contribution in [0.2, 0.25) is 0 Å². The molecule has 3 heterocycles. The Hall–Kier alpha value is -0.380. The van der Waals surface area contributed by atoms with Crippen LogP contribution in [-0.4, -0.2) is 43.2 Å². The predicted octanol–water partition coefficient (Wildman–Crippen LogP) is 0.575. The van der Waals surface area contributed by atoms with Crippen LogP contribution < -0.4 is 11.1 Å². The van der Waals surface area contributed by atoms with Crippen LogP contribution in [-0.2, 0) is 0 Å². The zero-order chi connectivity index (χ0) is 10.9. The Labute approximate surface area is 92.7 Å². The van der Waals surface area contributed by atoms with Crippen LogP contribution in [0, 0.1) is 5.92 Å². The normalized spacial score (nSPS) is 39.3. The third-order valence-electron chi connectivity index (χ3n) is 3.98. The Morgan fingerprint density at radius 3 is 2.60 bits per heavy atom. The summed E-state index contributed by atoms with van der Waals surface area (Å²) >= 11 is 0. The molecular formula is C12H23N3. The van der Waals surface area contributed by atoms with Gasteiger partial charge in [0.2, 0.25) is 0 Å². The van der Waals surface area contributed by atoms with Crippen molar-refractivity contribution >= 4 is 0 Å². The highest BCUT2D eigenvalue weighted by Gasteiger charge is 2.45. The maximum Gasteiger partial charge on any atom is 0.0464 e. The fraction of sp³-hybridized carbons (Fsp3) is 0.833. The second-order valence-corrected chi connectivity index (χ2v) is 5.22. The summed E-state index contributed by atoms with van der Waals surface area (Å²) in [6, 6.07) is 0. The van der Waals surface area contributed by atoms with E-state index in [0.29, 0.717) is 0 Å². The van der Waals surface area contributed by atoms with E-state index in [-0.39, 0.29) is 5.54 Å². The van der Waals surface area contributed by atoms with Gasteiger partial charge in [-0.05, 0) is 38.8 Å². The van der Waals surface area contributed by atoms with Gasteiger partial charge in [0, 0.05) is 25.2 Å². The number of nitrogens with two attached hydrogens (primary N) is 1. The number of hydrogen-bond donors (Lipinski definition) is 2. The van der Waals surface area contributed by atoms with E-state index >= 15 is 0 Å². The van der Waals surface area contributed by atoms with E-state index in [2.05, 4.69) is 23.7 Å². The monoisotopic (exact) mass is 209 g/mol. The Morgan fingerprint density at radius 2 is 2.20 bits per heavy atom. The molecule has 0 spiro atoms. The maximum absolute atomic E-state index is 5.99. The second kappa shape index (κ2) is 4.24. The Balaban J connectivity index is 2.04. The largest absolute Gasteiger partial charge is 0.329 e. The van der Waals surface area contributed by atoms with E-state index in [1.54, 1.807) is 0 Å². The molecule has 0 saturated carbocycles. The molecule has 0 aliphatic carbocycles. The molecule has 1 unspecified atom stereocenters. The maximum atomic E-state index is 5.99. The summed E-state index contributed by atoms with van der Waals surface area (Å²) in [7, 11) is 0. The summed E-state index contributed by atoms with van der Waals surface area (Å²) in [4.78, 5) is 2.54. The molecule has 3 heteroatoms. The van der Waals surface area contributed by atoms with Crippen molar-refractivity contribution in [2.24, 2.45) is 11.7 Å². The van der Waals surface area contributed by atoms with Crippen molar-refractivity contribution < 1.29 is 0 Å². The summed E-state index contributed by atoms with van der Waals surface area (Å²) in [5, 5.41) is 3.65. The minimum atomic E-state index is 0.162. The topological polar surface area (TPSA) is 41.3 Å². The first-order valence-corrected chi connectivity index (χ1v) is 5.98. The molecule has 0 aromatic carbocycles. The van der Waals surface area contributed by atoms with E-state index in [0.717, 1.165) is 25.6 Å². The lowest BCUT2D eigenvalue weighted by Gasteiger charge is -2.53. The fourth-order valence-corrected chi connectivity index (χ4v) is 3.00.